The first-order chi connectivity index (χ1) is 11.1. The Labute approximate surface area is 133 Å². The molecular formula is C16H18F2N4O. The van der Waals surface area contributed by atoms with Crippen LogP contribution in [0.3, 0.4) is 0 Å². The fourth-order valence-electron chi connectivity index (χ4n) is 2.47. The number of halogens is 2. The highest BCUT2D eigenvalue weighted by Crippen LogP contribution is 2.20. The van der Waals surface area contributed by atoms with Crippen molar-refractivity contribution in [3.8, 4) is 0 Å². The van der Waals surface area contributed by atoms with Crippen LogP contribution < -0.4 is 10.6 Å². The molecule has 122 valence electrons. The highest BCUT2D eigenvalue weighted by Gasteiger charge is 2.15. The summed E-state index contributed by atoms with van der Waals surface area (Å²) in [7, 11) is 0. The van der Waals surface area contributed by atoms with E-state index in [-0.39, 0.29) is 6.10 Å². The smallest absolute Gasteiger partial charge is 0.160 e. The lowest BCUT2D eigenvalue weighted by molar-refractivity contribution is 0.120. The second kappa shape index (κ2) is 6.87. The molecule has 1 aliphatic rings. The number of hydrogen-bond donors (Lipinski definition) is 2. The number of benzene rings is 1. The van der Waals surface area contributed by atoms with Gasteiger partial charge in [0.2, 0.25) is 0 Å². The predicted molar refractivity (Wildman–Crippen MR) is 83.9 cm³/mol. The minimum Gasteiger partial charge on any atom is -0.376 e. The van der Waals surface area contributed by atoms with Crippen molar-refractivity contribution in [2.24, 2.45) is 0 Å². The lowest BCUT2D eigenvalue weighted by Crippen LogP contribution is -2.19. The Morgan fingerprint density at radius 3 is 2.74 bits per heavy atom. The van der Waals surface area contributed by atoms with Crippen LogP contribution in [0.5, 0.6) is 0 Å². The standard InChI is InChI=1S/C16H18F2N4O/c1-10-20-15(19-9-12-3-2-6-23-12)8-16(21-10)22-11-4-5-13(17)14(18)7-11/h4-5,7-8,12H,2-3,6,9H2,1H3,(H2,19,20,21,22). The average molecular weight is 320 g/mol. The van der Waals surface area contributed by atoms with Gasteiger partial charge in [-0.15, -0.1) is 0 Å². The summed E-state index contributed by atoms with van der Waals surface area (Å²) in [5.74, 6) is -0.0327. The maximum atomic E-state index is 13.3. The molecule has 23 heavy (non-hydrogen) atoms. The van der Waals surface area contributed by atoms with Crippen LogP contribution in [0, 0.1) is 18.6 Å². The molecule has 0 amide bonds. The van der Waals surface area contributed by atoms with Gasteiger partial charge in [0.15, 0.2) is 11.6 Å². The van der Waals surface area contributed by atoms with E-state index in [0.29, 0.717) is 29.7 Å². The summed E-state index contributed by atoms with van der Waals surface area (Å²) < 4.78 is 31.8. The Bertz CT molecular complexity index is 690. The van der Waals surface area contributed by atoms with Crippen LogP contribution in [0.25, 0.3) is 0 Å². The van der Waals surface area contributed by atoms with E-state index in [9.17, 15) is 8.78 Å². The fourth-order valence-corrected chi connectivity index (χ4v) is 2.47. The van der Waals surface area contributed by atoms with E-state index in [2.05, 4.69) is 20.6 Å². The zero-order valence-electron chi connectivity index (χ0n) is 12.8. The lowest BCUT2D eigenvalue weighted by Gasteiger charge is -2.13. The number of rotatable bonds is 5. The van der Waals surface area contributed by atoms with E-state index in [1.165, 1.54) is 6.07 Å². The van der Waals surface area contributed by atoms with E-state index in [4.69, 9.17) is 4.74 Å². The van der Waals surface area contributed by atoms with Crippen molar-refractivity contribution in [3.63, 3.8) is 0 Å². The fraction of sp³-hybridized carbons (Fsp3) is 0.375. The Morgan fingerprint density at radius 1 is 1.17 bits per heavy atom. The van der Waals surface area contributed by atoms with E-state index >= 15 is 0 Å². The molecule has 0 spiro atoms. The van der Waals surface area contributed by atoms with E-state index < -0.39 is 11.6 Å². The molecular weight excluding hydrogens is 302 g/mol. The number of aryl methyl sites for hydroxylation is 1. The van der Waals surface area contributed by atoms with Gasteiger partial charge in [0.25, 0.3) is 0 Å². The van der Waals surface area contributed by atoms with Gasteiger partial charge in [0, 0.05) is 31.0 Å². The first kappa shape index (κ1) is 15.6. The van der Waals surface area contributed by atoms with Crippen LogP contribution >= 0.6 is 0 Å². The van der Waals surface area contributed by atoms with Crippen molar-refractivity contribution in [1.29, 1.82) is 0 Å². The molecule has 0 aliphatic carbocycles. The van der Waals surface area contributed by atoms with Crippen molar-refractivity contribution in [2.75, 3.05) is 23.8 Å². The topological polar surface area (TPSA) is 59.1 Å². The summed E-state index contributed by atoms with van der Waals surface area (Å²) in [6, 6.07) is 5.34. The quantitative estimate of drug-likeness (QED) is 0.884. The second-order valence-electron chi connectivity index (χ2n) is 5.46. The van der Waals surface area contributed by atoms with E-state index in [1.807, 2.05) is 0 Å². The van der Waals surface area contributed by atoms with Crippen molar-refractivity contribution >= 4 is 17.3 Å². The van der Waals surface area contributed by atoms with Gasteiger partial charge in [-0.05, 0) is 31.9 Å². The molecule has 2 N–H and O–H groups in total. The molecule has 2 heterocycles. The summed E-state index contributed by atoms with van der Waals surface area (Å²) in [6.07, 6.45) is 2.32. The molecule has 0 radical (unpaired) electrons. The van der Waals surface area contributed by atoms with Crippen LogP contribution in [0.1, 0.15) is 18.7 Å². The number of nitrogens with zero attached hydrogens (tertiary/aromatic N) is 2. The van der Waals surface area contributed by atoms with Crippen molar-refractivity contribution < 1.29 is 13.5 Å². The molecule has 0 saturated carbocycles. The SMILES string of the molecule is Cc1nc(NCC2CCCO2)cc(Nc2ccc(F)c(F)c2)n1. The van der Waals surface area contributed by atoms with Gasteiger partial charge in [0.05, 0.1) is 6.10 Å². The van der Waals surface area contributed by atoms with Gasteiger partial charge in [-0.1, -0.05) is 0 Å². The Hall–Kier alpha value is -2.28. The molecule has 1 aromatic heterocycles. The largest absolute Gasteiger partial charge is 0.376 e. The first-order valence-corrected chi connectivity index (χ1v) is 7.53. The molecule has 1 saturated heterocycles. The highest BCUT2D eigenvalue weighted by atomic mass is 19.2. The normalized spacial score (nSPS) is 17.3. The molecule has 0 bridgehead atoms. The second-order valence-corrected chi connectivity index (χ2v) is 5.46. The van der Waals surface area contributed by atoms with Crippen LogP contribution in [0.15, 0.2) is 24.3 Å². The van der Waals surface area contributed by atoms with Crippen molar-refractivity contribution in [3.05, 3.63) is 41.7 Å². The molecule has 7 heteroatoms. The monoisotopic (exact) mass is 320 g/mol. The number of hydrogen-bond acceptors (Lipinski definition) is 5. The summed E-state index contributed by atoms with van der Waals surface area (Å²) >= 11 is 0. The third kappa shape index (κ3) is 4.13. The van der Waals surface area contributed by atoms with Gasteiger partial charge in [-0.3, -0.25) is 0 Å². The minimum atomic E-state index is -0.905. The number of aromatic nitrogens is 2. The molecule has 3 rings (SSSR count). The Kier molecular flexibility index (Phi) is 4.66. The van der Waals surface area contributed by atoms with Gasteiger partial charge in [-0.25, -0.2) is 18.7 Å². The maximum Gasteiger partial charge on any atom is 0.160 e. The maximum absolute atomic E-state index is 13.3. The Balaban J connectivity index is 1.70. The molecule has 1 aromatic carbocycles. The molecule has 1 unspecified atom stereocenters. The number of nitrogens with one attached hydrogen (secondary N) is 2. The molecule has 5 nitrogen and oxygen atoms in total. The zero-order valence-corrected chi connectivity index (χ0v) is 12.8. The van der Waals surface area contributed by atoms with Crippen LogP contribution in [-0.2, 0) is 4.74 Å². The van der Waals surface area contributed by atoms with Crippen molar-refractivity contribution in [1.82, 2.24) is 9.97 Å². The third-order valence-electron chi connectivity index (χ3n) is 3.56. The average Bonchev–Trinajstić information content (AvgIpc) is 3.02. The summed E-state index contributed by atoms with van der Waals surface area (Å²) in [6.45, 7) is 3.26. The first-order valence-electron chi connectivity index (χ1n) is 7.53. The van der Waals surface area contributed by atoms with Crippen LogP contribution in [-0.4, -0.2) is 29.2 Å². The molecule has 2 aromatic rings. The van der Waals surface area contributed by atoms with Gasteiger partial charge < -0.3 is 15.4 Å². The Morgan fingerprint density at radius 2 is 2.00 bits per heavy atom. The summed E-state index contributed by atoms with van der Waals surface area (Å²) in [5, 5.41) is 6.18. The van der Waals surface area contributed by atoms with Gasteiger partial charge in [-0.2, -0.15) is 0 Å². The molecule has 1 aliphatic heterocycles. The van der Waals surface area contributed by atoms with Gasteiger partial charge >= 0.3 is 0 Å². The van der Waals surface area contributed by atoms with Crippen LogP contribution in [0.2, 0.25) is 0 Å². The number of anilines is 3. The van der Waals surface area contributed by atoms with Crippen LogP contribution in [0.4, 0.5) is 26.1 Å². The van der Waals surface area contributed by atoms with E-state index in [1.54, 1.807) is 13.0 Å². The highest BCUT2D eigenvalue weighted by molar-refractivity contribution is 5.59. The van der Waals surface area contributed by atoms with E-state index in [0.717, 1.165) is 31.6 Å². The third-order valence-corrected chi connectivity index (χ3v) is 3.56. The zero-order chi connectivity index (χ0) is 16.2. The molecule has 1 atom stereocenters. The predicted octanol–water partition coefficient (Wildman–Crippen LogP) is 3.40. The lowest BCUT2D eigenvalue weighted by atomic mass is 10.2. The van der Waals surface area contributed by atoms with Crippen molar-refractivity contribution in [2.45, 2.75) is 25.9 Å². The number of ether oxygens (including phenoxy) is 1. The summed E-state index contributed by atoms with van der Waals surface area (Å²) in [5.41, 5.74) is 0.423. The summed E-state index contributed by atoms with van der Waals surface area (Å²) in [4.78, 5) is 8.57. The van der Waals surface area contributed by atoms with Gasteiger partial charge in [0.1, 0.15) is 17.5 Å². The molecule has 1 fully saturated rings. The minimum absolute atomic E-state index is 0.202.